The summed E-state index contributed by atoms with van der Waals surface area (Å²) in [5.41, 5.74) is -0.624. The molecule has 2 rings (SSSR count). The van der Waals surface area contributed by atoms with Crippen molar-refractivity contribution in [2.75, 3.05) is 11.9 Å². The Morgan fingerprint density at radius 1 is 1.53 bits per heavy atom. The molecule has 1 heterocycles. The van der Waals surface area contributed by atoms with Crippen LogP contribution in [0.1, 0.15) is 32.6 Å². The van der Waals surface area contributed by atoms with Crippen LogP contribution in [0.25, 0.3) is 0 Å². The number of anilines is 1. The molecule has 0 saturated heterocycles. The summed E-state index contributed by atoms with van der Waals surface area (Å²) in [6, 6.07) is 0. The topological polar surface area (TPSA) is 58.0 Å². The predicted octanol–water partition coefficient (Wildman–Crippen LogP) is 2.48. The highest BCUT2D eigenvalue weighted by Gasteiger charge is 2.32. The molecule has 1 aliphatic carbocycles. The Hall–Kier alpha value is -0.870. The lowest BCUT2D eigenvalue weighted by Crippen LogP contribution is -2.41. The van der Waals surface area contributed by atoms with Crippen LogP contribution in [0.3, 0.4) is 0 Å². The fourth-order valence-electron chi connectivity index (χ4n) is 2.44. The van der Waals surface area contributed by atoms with E-state index in [2.05, 4.69) is 22.2 Å². The van der Waals surface area contributed by atoms with Crippen molar-refractivity contribution in [2.24, 2.45) is 5.92 Å². The van der Waals surface area contributed by atoms with E-state index in [9.17, 15) is 5.11 Å². The molecule has 2 unspecified atom stereocenters. The van der Waals surface area contributed by atoms with Crippen LogP contribution in [0, 0.1) is 5.92 Å². The molecule has 0 spiro atoms. The molecule has 0 bridgehead atoms. The summed E-state index contributed by atoms with van der Waals surface area (Å²) in [6.07, 6.45) is 7.07. The molecule has 17 heavy (non-hydrogen) atoms. The largest absolute Gasteiger partial charge is 0.388 e. The summed E-state index contributed by atoms with van der Waals surface area (Å²) in [5.74, 6) is 1.10. The van der Waals surface area contributed by atoms with E-state index in [1.165, 1.54) is 6.42 Å². The van der Waals surface area contributed by atoms with E-state index in [1.807, 2.05) is 0 Å². The van der Waals surface area contributed by atoms with Gasteiger partial charge in [-0.05, 0) is 18.8 Å². The Morgan fingerprint density at radius 3 is 2.88 bits per heavy atom. The molecule has 4 nitrogen and oxygen atoms in total. The van der Waals surface area contributed by atoms with Crippen molar-refractivity contribution < 1.29 is 5.11 Å². The highest BCUT2D eigenvalue weighted by molar-refractivity contribution is 6.30. The van der Waals surface area contributed by atoms with E-state index in [1.54, 1.807) is 12.4 Å². The maximum atomic E-state index is 10.4. The molecular formula is C12H18ClN3O. The highest BCUT2D eigenvalue weighted by atomic mass is 35.5. The Bertz CT molecular complexity index is 371. The summed E-state index contributed by atoms with van der Waals surface area (Å²) in [4.78, 5) is 8.10. The minimum absolute atomic E-state index is 0.499. The van der Waals surface area contributed by atoms with E-state index in [4.69, 9.17) is 11.6 Å². The number of nitrogens with zero attached hydrogens (tertiary/aromatic N) is 2. The predicted molar refractivity (Wildman–Crippen MR) is 68.1 cm³/mol. The standard InChI is InChI=1S/C12H18ClN3O/c1-9-3-2-4-12(17,5-9)8-16-11-14-6-10(13)7-15-11/h6-7,9,17H,2-5,8H2,1H3,(H,14,15,16). The number of nitrogens with one attached hydrogen (secondary N) is 1. The summed E-state index contributed by atoms with van der Waals surface area (Å²) >= 11 is 5.70. The van der Waals surface area contributed by atoms with Gasteiger partial charge in [0.15, 0.2) is 0 Å². The smallest absolute Gasteiger partial charge is 0.222 e. The zero-order valence-corrected chi connectivity index (χ0v) is 10.7. The van der Waals surface area contributed by atoms with Gasteiger partial charge >= 0.3 is 0 Å². The summed E-state index contributed by atoms with van der Waals surface area (Å²) < 4.78 is 0. The Morgan fingerprint density at radius 2 is 2.24 bits per heavy atom. The molecule has 1 aromatic rings. The Labute approximate surface area is 106 Å². The monoisotopic (exact) mass is 255 g/mol. The highest BCUT2D eigenvalue weighted by Crippen LogP contribution is 2.32. The van der Waals surface area contributed by atoms with Crippen molar-refractivity contribution in [2.45, 2.75) is 38.2 Å². The fourth-order valence-corrected chi connectivity index (χ4v) is 2.54. The van der Waals surface area contributed by atoms with Crippen molar-refractivity contribution in [1.82, 2.24) is 9.97 Å². The average Bonchev–Trinajstić information content (AvgIpc) is 2.28. The van der Waals surface area contributed by atoms with Gasteiger partial charge < -0.3 is 10.4 Å². The first-order valence-electron chi connectivity index (χ1n) is 6.01. The molecule has 2 N–H and O–H groups in total. The Kier molecular flexibility index (Phi) is 3.84. The third-order valence-corrected chi connectivity index (χ3v) is 3.46. The zero-order valence-electron chi connectivity index (χ0n) is 9.99. The lowest BCUT2D eigenvalue weighted by Gasteiger charge is -2.35. The number of aromatic nitrogens is 2. The van der Waals surface area contributed by atoms with Gasteiger partial charge in [0, 0.05) is 6.54 Å². The molecule has 0 amide bonds. The summed E-state index contributed by atoms with van der Waals surface area (Å²) in [7, 11) is 0. The van der Waals surface area contributed by atoms with E-state index >= 15 is 0 Å². The number of hydrogen-bond donors (Lipinski definition) is 2. The molecule has 2 atom stereocenters. The van der Waals surface area contributed by atoms with Gasteiger partial charge in [-0.25, -0.2) is 9.97 Å². The molecule has 1 fully saturated rings. The van der Waals surface area contributed by atoms with Crippen molar-refractivity contribution in [1.29, 1.82) is 0 Å². The second kappa shape index (κ2) is 5.19. The first kappa shape index (κ1) is 12.6. The minimum Gasteiger partial charge on any atom is -0.388 e. The van der Waals surface area contributed by atoms with Crippen LogP contribution in [0.4, 0.5) is 5.95 Å². The van der Waals surface area contributed by atoms with Crippen LogP contribution >= 0.6 is 11.6 Å². The number of halogens is 1. The lowest BCUT2D eigenvalue weighted by molar-refractivity contribution is -0.000895. The van der Waals surface area contributed by atoms with Crippen LogP contribution < -0.4 is 5.32 Å². The number of rotatable bonds is 3. The minimum atomic E-state index is -0.624. The van der Waals surface area contributed by atoms with Gasteiger partial charge in [0.2, 0.25) is 5.95 Å². The van der Waals surface area contributed by atoms with Gasteiger partial charge in [-0.1, -0.05) is 31.4 Å². The van der Waals surface area contributed by atoms with Crippen LogP contribution in [0.5, 0.6) is 0 Å². The summed E-state index contributed by atoms with van der Waals surface area (Å²) in [5, 5.41) is 14.0. The van der Waals surface area contributed by atoms with Crippen molar-refractivity contribution in [3.05, 3.63) is 17.4 Å². The molecule has 0 aliphatic heterocycles. The molecule has 1 aliphatic rings. The number of hydrogen-bond acceptors (Lipinski definition) is 4. The van der Waals surface area contributed by atoms with Crippen LogP contribution in [-0.4, -0.2) is 27.2 Å². The maximum absolute atomic E-state index is 10.4. The quantitative estimate of drug-likeness (QED) is 0.871. The van der Waals surface area contributed by atoms with E-state index in [0.717, 1.165) is 19.3 Å². The van der Waals surface area contributed by atoms with Gasteiger partial charge in [-0.2, -0.15) is 0 Å². The first-order chi connectivity index (χ1) is 8.07. The van der Waals surface area contributed by atoms with E-state index in [-0.39, 0.29) is 0 Å². The number of aliphatic hydroxyl groups is 1. The molecule has 1 aromatic heterocycles. The average molecular weight is 256 g/mol. The van der Waals surface area contributed by atoms with Gasteiger partial charge in [0.25, 0.3) is 0 Å². The van der Waals surface area contributed by atoms with Crippen LogP contribution in [-0.2, 0) is 0 Å². The van der Waals surface area contributed by atoms with E-state index < -0.39 is 5.60 Å². The van der Waals surface area contributed by atoms with Gasteiger partial charge in [0.05, 0.1) is 23.0 Å². The van der Waals surface area contributed by atoms with Crippen molar-refractivity contribution >= 4 is 17.5 Å². The second-order valence-electron chi connectivity index (χ2n) is 5.00. The zero-order chi connectivity index (χ0) is 12.3. The van der Waals surface area contributed by atoms with Crippen LogP contribution in [0.2, 0.25) is 5.02 Å². The summed E-state index contributed by atoms with van der Waals surface area (Å²) in [6.45, 7) is 2.68. The molecule has 94 valence electrons. The second-order valence-corrected chi connectivity index (χ2v) is 5.44. The Balaban J connectivity index is 1.90. The normalized spacial score (nSPS) is 29.0. The molecular weight excluding hydrogens is 238 g/mol. The van der Waals surface area contributed by atoms with Crippen molar-refractivity contribution in [3.63, 3.8) is 0 Å². The maximum Gasteiger partial charge on any atom is 0.222 e. The van der Waals surface area contributed by atoms with Gasteiger partial charge in [0.1, 0.15) is 0 Å². The van der Waals surface area contributed by atoms with Crippen molar-refractivity contribution in [3.8, 4) is 0 Å². The molecule has 0 aromatic carbocycles. The fraction of sp³-hybridized carbons (Fsp3) is 0.667. The van der Waals surface area contributed by atoms with E-state index in [0.29, 0.717) is 23.4 Å². The van der Waals surface area contributed by atoms with Crippen LogP contribution in [0.15, 0.2) is 12.4 Å². The lowest BCUT2D eigenvalue weighted by atomic mass is 9.79. The van der Waals surface area contributed by atoms with Gasteiger partial charge in [-0.15, -0.1) is 0 Å². The first-order valence-corrected chi connectivity index (χ1v) is 6.39. The SMILES string of the molecule is CC1CCCC(O)(CNc2ncc(Cl)cn2)C1. The molecule has 1 saturated carbocycles. The molecule has 0 radical (unpaired) electrons. The van der Waals surface area contributed by atoms with Gasteiger partial charge in [-0.3, -0.25) is 0 Å². The molecule has 5 heteroatoms. The third kappa shape index (κ3) is 3.54. The third-order valence-electron chi connectivity index (χ3n) is 3.26.